The highest BCUT2D eigenvalue weighted by molar-refractivity contribution is 9.10. The fourth-order valence-electron chi connectivity index (χ4n) is 2.67. The molecule has 1 aliphatic rings. The lowest BCUT2D eigenvalue weighted by molar-refractivity contribution is 0.189. The van der Waals surface area contributed by atoms with Crippen molar-refractivity contribution in [2.24, 2.45) is 0 Å². The fraction of sp³-hybridized carbons (Fsp3) is 0.571. The van der Waals surface area contributed by atoms with E-state index in [-0.39, 0.29) is 0 Å². The molecule has 1 aliphatic heterocycles. The number of likely N-dealkylation sites (tertiary alicyclic amines) is 1. The second kappa shape index (κ2) is 5.33. The van der Waals surface area contributed by atoms with E-state index in [1.54, 1.807) is 0 Å². The lowest BCUT2D eigenvalue weighted by Crippen LogP contribution is -2.33. The molecule has 0 aliphatic carbocycles. The Kier molecular flexibility index (Phi) is 4.04. The van der Waals surface area contributed by atoms with Crippen molar-refractivity contribution in [3.63, 3.8) is 0 Å². The Bertz CT molecular complexity index is 350. The van der Waals surface area contributed by atoms with Gasteiger partial charge in [0, 0.05) is 23.1 Å². The third-order valence-electron chi connectivity index (χ3n) is 3.73. The standard InChI is InChI=1S/C14H20BrN/c1-3-13-9-8-11(2)16(13)10-12-6-4-5-7-14(12)15/h4-7,11,13H,3,8-10H2,1-2H3. The molecule has 1 heterocycles. The minimum atomic E-state index is 0.733. The van der Waals surface area contributed by atoms with E-state index in [2.05, 4.69) is 58.9 Å². The summed E-state index contributed by atoms with van der Waals surface area (Å²) in [6.45, 7) is 5.74. The van der Waals surface area contributed by atoms with Crippen molar-refractivity contribution >= 4 is 15.9 Å². The average Bonchev–Trinajstić information content (AvgIpc) is 2.63. The molecule has 0 bridgehead atoms. The smallest absolute Gasteiger partial charge is 0.0250 e. The van der Waals surface area contributed by atoms with Crippen LogP contribution >= 0.6 is 15.9 Å². The van der Waals surface area contributed by atoms with Gasteiger partial charge < -0.3 is 0 Å². The third kappa shape index (κ3) is 2.49. The molecule has 0 amide bonds. The Morgan fingerprint density at radius 2 is 2.06 bits per heavy atom. The Morgan fingerprint density at radius 1 is 1.31 bits per heavy atom. The van der Waals surface area contributed by atoms with Gasteiger partial charge in [0.1, 0.15) is 0 Å². The largest absolute Gasteiger partial charge is 0.293 e. The topological polar surface area (TPSA) is 3.24 Å². The zero-order valence-corrected chi connectivity index (χ0v) is 11.7. The molecule has 1 saturated heterocycles. The lowest BCUT2D eigenvalue weighted by atomic mass is 10.1. The lowest BCUT2D eigenvalue weighted by Gasteiger charge is -2.28. The molecule has 0 radical (unpaired) electrons. The summed E-state index contributed by atoms with van der Waals surface area (Å²) < 4.78 is 1.24. The summed E-state index contributed by atoms with van der Waals surface area (Å²) in [6.07, 6.45) is 3.99. The van der Waals surface area contributed by atoms with Gasteiger partial charge in [0.05, 0.1) is 0 Å². The van der Waals surface area contributed by atoms with E-state index in [0.29, 0.717) is 0 Å². The van der Waals surface area contributed by atoms with Gasteiger partial charge in [0.2, 0.25) is 0 Å². The summed E-state index contributed by atoms with van der Waals surface area (Å²) in [4.78, 5) is 2.65. The van der Waals surface area contributed by atoms with E-state index in [4.69, 9.17) is 0 Å². The monoisotopic (exact) mass is 281 g/mol. The van der Waals surface area contributed by atoms with Crippen LogP contribution in [0.3, 0.4) is 0 Å². The van der Waals surface area contributed by atoms with Crippen molar-refractivity contribution in [1.29, 1.82) is 0 Å². The van der Waals surface area contributed by atoms with Crippen LogP contribution in [-0.2, 0) is 6.54 Å². The molecule has 0 saturated carbocycles. The van der Waals surface area contributed by atoms with Gasteiger partial charge in [0.15, 0.2) is 0 Å². The normalized spacial score (nSPS) is 26.2. The molecule has 2 unspecified atom stereocenters. The first-order valence-corrected chi connectivity index (χ1v) is 7.00. The predicted molar refractivity (Wildman–Crippen MR) is 72.5 cm³/mol. The molecule has 2 atom stereocenters. The molecule has 1 aromatic carbocycles. The van der Waals surface area contributed by atoms with Crippen LogP contribution < -0.4 is 0 Å². The zero-order chi connectivity index (χ0) is 11.5. The van der Waals surface area contributed by atoms with Crippen LogP contribution in [0.2, 0.25) is 0 Å². The quantitative estimate of drug-likeness (QED) is 0.802. The zero-order valence-electron chi connectivity index (χ0n) is 10.1. The molecule has 0 aromatic heterocycles. The van der Waals surface area contributed by atoms with E-state index >= 15 is 0 Å². The van der Waals surface area contributed by atoms with Crippen LogP contribution in [-0.4, -0.2) is 17.0 Å². The minimum Gasteiger partial charge on any atom is -0.293 e. The van der Waals surface area contributed by atoms with Crippen LogP contribution in [0.5, 0.6) is 0 Å². The Hall–Kier alpha value is -0.340. The highest BCUT2D eigenvalue weighted by Crippen LogP contribution is 2.29. The van der Waals surface area contributed by atoms with Crippen LogP contribution in [0.4, 0.5) is 0 Å². The molecule has 16 heavy (non-hydrogen) atoms. The molecule has 88 valence electrons. The molecule has 2 rings (SSSR count). The maximum absolute atomic E-state index is 3.64. The number of nitrogens with zero attached hydrogens (tertiary/aromatic N) is 1. The Labute approximate surface area is 107 Å². The van der Waals surface area contributed by atoms with Crippen molar-refractivity contribution < 1.29 is 0 Å². The van der Waals surface area contributed by atoms with E-state index in [9.17, 15) is 0 Å². The highest BCUT2D eigenvalue weighted by Gasteiger charge is 2.29. The molecule has 2 heteroatoms. The van der Waals surface area contributed by atoms with Gasteiger partial charge in [-0.1, -0.05) is 41.1 Å². The summed E-state index contributed by atoms with van der Waals surface area (Å²) in [5.41, 5.74) is 1.41. The first-order chi connectivity index (χ1) is 7.72. The summed E-state index contributed by atoms with van der Waals surface area (Å²) in [5.74, 6) is 0. The van der Waals surface area contributed by atoms with Crippen LogP contribution in [0.1, 0.15) is 38.7 Å². The van der Waals surface area contributed by atoms with Crippen molar-refractivity contribution in [2.75, 3.05) is 0 Å². The summed E-state index contributed by atoms with van der Waals surface area (Å²) in [5, 5.41) is 0. The second-order valence-corrected chi connectivity index (χ2v) is 5.61. The fourth-order valence-corrected chi connectivity index (χ4v) is 3.08. The Morgan fingerprint density at radius 3 is 2.75 bits per heavy atom. The van der Waals surface area contributed by atoms with E-state index < -0.39 is 0 Å². The van der Waals surface area contributed by atoms with Crippen LogP contribution in [0.25, 0.3) is 0 Å². The van der Waals surface area contributed by atoms with Gasteiger partial charge in [-0.15, -0.1) is 0 Å². The number of hydrogen-bond donors (Lipinski definition) is 0. The predicted octanol–water partition coefficient (Wildman–Crippen LogP) is 4.21. The van der Waals surface area contributed by atoms with Gasteiger partial charge in [-0.05, 0) is 37.8 Å². The van der Waals surface area contributed by atoms with E-state index in [0.717, 1.165) is 18.6 Å². The van der Waals surface area contributed by atoms with Gasteiger partial charge in [0.25, 0.3) is 0 Å². The molecule has 0 N–H and O–H groups in total. The van der Waals surface area contributed by atoms with Crippen LogP contribution in [0, 0.1) is 0 Å². The average molecular weight is 282 g/mol. The molecular formula is C14H20BrN. The summed E-state index contributed by atoms with van der Waals surface area (Å²) in [7, 11) is 0. The molecular weight excluding hydrogens is 262 g/mol. The highest BCUT2D eigenvalue weighted by atomic mass is 79.9. The molecule has 1 aromatic rings. The van der Waals surface area contributed by atoms with Crippen molar-refractivity contribution in [2.45, 2.75) is 51.7 Å². The first-order valence-electron chi connectivity index (χ1n) is 6.21. The van der Waals surface area contributed by atoms with Crippen molar-refractivity contribution in [3.8, 4) is 0 Å². The van der Waals surface area contributed by atoms with Crippen LogP contribution in [0.15, 0.2) is 28.7 Å². The molecule has 1 nitrogen and oxygen atoms in total. The summed E-state index contributed by atoms with van der Waals surface area (Å²) in [6, 6.07) is 10.1. The van der Waals surface area contributed by atoms with Crippen molar-refractivity contribution in [1.82, 2.24) is 4.90 Å². The first kappa shape index (κ1) is 12.1. The molecule has 0 spiro atoms. The minimum absolute atomic E-state index is 0.733. The van der Waals surface area contributed by atoms with Gasteiger partial charge in [-0.3, -0.25) is 4.90 Å². The Balaban J connectivity index is 2.11. The maximum atomic E-state index is 3.64. The van der Waals surface area contributed by atoms with Gasteiger partial charge in [-0.25, -0.2) is 0 Å². The second-order valence-electron chi connectivity index (χ2n) is 4.75. The number of hydrogen-bond acceptors (Lipinski definition) is 1. The number of halogens is 1. The van der Waals surface area contributed by atoms with Gasteiger partial charge >= 0.3 is 0 Å². The van der Waals surface area contributed by atoms with E-state index in [1.165, 1.54) is 29.3 Å². The van der Waals surface area contributed by atoms with E-state index in [1.807, 2.05) is 0 Å². The SMILES string of the molecule is CCC1CCC(C)N1Cc1ccccc1Br. The summed E-state index contributed by atoms with van der Waals surface area (Å²) >= 11 is 3.64. The third-order valence-corrected chi connectivity index (χ3v) is 4.51. The van der Waals surface area contributed by atoms with Gasteiger partial charge in [-0.2, -0.15) is 0 Å². The molecule has 1 fully saturated rings. The number of rotatable bonds is 3. The number of benzene rings is 1. The maximum Gasteiger partial charge on any atom is 0.0250 e. The van der Waals surface area contributed by atoms with Crippen molar-refractivity contribution in [3.05, 3.63) is 34.3 Å².